The smallest absolute Gasteiger partial charge is 0.255 e. The number of hydrogen-bond acceptors (Lipinski definition) is 4. The lowest BCUT2D eigenvalue weighted by molar-refractivity contribution is -0.118. The molecule has 2 amide bonds. The Balaban J connectivity index is 1.86. The zero-order valence-corrected chi connectivity index (χ0v) is 16.2. The third kappa shape index (κ3) is 3.73. The summed E-state index contributed by atoms with van der Waals surface area (Å²) < 4.78 is 24.5. The Morgan fingerprint density at radius 2 is 1.85 bits per heavy atom. The third-order valence-electron chi connectivity index (χ3n) is 4.69. The quantitative estimate of drug-likeness (QED) is 0.856. The monoisotopic (exact) mass is 386 g/mol. The molecule has 1 heterocycles. The molecule has 1 aliphatic rings. The Kier molecular flexibility index (Phi) is 5.32. The zero-order chi connectivity index (χ0) is 19.6. The van der Waals surface area contributed by atoms with Crippen LogP contribution in [0.5, 0.6) is 0 Å². The van der Waals surface area contributed by atoms with E-state index in [1.165, 1.54) is 6.07 Å². The van der Waals surface area contributed by atoms with Crippen LogP contribution in [0.2, 0.25) is 0 Å². The highest BCUT2D eigenvalue weighted by Crippen LogP contribution is 2.30. The van der Waals surface area contributed by atoms with E-state index >= 15 is 0 Å². The van der Waals surface area contributed by atoms with Gasteiger partial charge in [0.15, 0.2) is 9.84 Å². The average Bonchev–Trinajstić information content (AvgIpc) is 3.10. The van der Waals surface area contributed by atoms with Crippen molar-refractivity contribution in [3.63, 3.8) is 0 Å². The Labute approximate surface area is 159 Å². The van der Waals surface area contributed by atoms with Gasteiger partial charge in [-0.2, -0.15) is 0 Å². The van der Waals surface area contributed by atoms with Crippen LogP contribution < -0.4 is 10.2 Å². The topological polar surface area (TPSA) is 83.6 Å². The van der Waals surface area contributed by atoms with Crippen LogP contribution in [0, 0.1) is 0 Å². The molecule has 0 saturated heterocycles. The standard InChI is InChI=1S/C20H22N2O4S/c1-3-19(23)22-12-11-14-13-15(9-10-17(14)22)20(24)21-16-7-5-6-8-18(16)27(25,26)4-2/h5-10,13H,3-4,11-12H2,1-2H3,(H,21,24). The zero-order valence-electron chi connectivity index (χ0n) is 15.4. The van der Waals surface area contributed by atoms with Gasteiger partial charge < -0.3 is 10.2 Å². The van der Waals surface area contributed by atoms with Gasteiger partial charge in [-0.05, 0) is 42.3 Å². The van der Waals surface area contributed by atoms with Crippen molar-refractivity contribution < 1.29 is 18.0 Å². The number of rotatable bonds is 5. The summed E-state index contributed by atoms with van der Waals surface area (Å²) >= 11 is 0. The van der Waals surface area contributed by atoms with Gasteiger partial charge in [-0.3, -0.25) is 9.59 Å². The van der Waals surface area contributed by atoms with E-state index < -0.39 is 9.84 Å². The number of anilines is 2. The lowest BCUT2D eigenvalue weighted by Gasteiger charge is -2.16. The minimum atomic E-state index is -3.44. The van der Waals surface area contributed by atoms with Crippen molar-refractivity contribution in [2.24, 2.45) is 0 Å². The molecule has 1 aliphatic heterocycles. The second-order valence-corrected chi connectivity index (χ2v) is 8.59. The molecule has 0 atom stereocenters. The summed E-state index contributed by atoms with van der Waals surface area (Å²) in [5, 5.41) is 2.70. The fourth-order valence-electron chi connectivity index (χ4n) is 3.18. The van der Waals surface area contributed by atoms with Crippen LogP contribution in [0.15, 0.2) is 47.4 Å². The van der Waals surface area contributed by atoms with E-state index in [2.05, 4.69) is 5.32 Å². The van der Waals surface area contributed by atoms with E-state index in [1.807, 2.05) is 6.92 Å². The first kappa shape index (κ1) is 19.1. The number of nitrogens with one attached hydrogen (secondary N) is 1. The molecule has 0 saturated carbocycles. The van der Waals surface area contributed by atoms with Crippen LogP contribution in [0.1, 0.15) is 36.2 Å². The van der Waals surface area contributed by atoms with Crippen LogP contribution in [0.25, 0.3) is 0 Å². The highest BCUT2D eigenvalue weighted by molar-refractivity contribution is 7.91. The number of carbonyl (C=O) groups is 2. The van der Waals surface area contributed by atoms with Gasteiger partial charge in [0.05, 0.1) is 16.3 Å². The summed E-state index contributed by atoms with van der Waals surface area (Å²) in [7, 11) is -3.44. The molecule has 0 bridgehead atoms. The Morgan fingerprint density at radius 1 is 1.11 bits per heavy atom. The van der Waals surface area contributed by atoms with Gasteiger partial charge in [-0.25, -0.2) is 8.42 Å². The van der Waals surface area contributed by atoms with Crippen molar-refractivity contribution in [1.82, 2.24) is 0 Å². The Bertz CT molecular complexity index is 999. The molecule has 3 rings (SSSR count). The molecule has 0 aromatic heterocycles. The number of nitrogens with zero attached hydrogens (tertiary/aromatic N) is 1. The lowest BCUT2D eigenvalue weighted by atomic mass is 10.1. The maximum absolute atomic E-state index is 12.7. The summed E-state index contributed by atoms with van der Waals surface area (Å²) in [5.74, 6) is -0.360. The molecule has 0 fully saturated rings. The highest BCUT2D eigenvalue weighted by atomic mass is 32.2. The number of benzene rings is 2. The molecular weight excluding hydrogens is 364 g/mol. The van der Waals surface area contributed by atoms with Gasteiger partial charge in [-0.15, -0.1) is 0 Å². The SMILES string of the molecule is CCC(=O)N1CCc2cc(C(=O)Nc3ccccc3S(=O)(=O)CC)ccc21. The largest absolute Gasteiger partial charge is 0.321 e. The van der Waals surface area contributed by atoms with Crippen molar-refractivity contribution in [1.29, 1.82) is 0 Å². The van der Waals surface area contributed by atoms with E-state index in [-0.39, 0.29) is 28.2 Å². The summed E-state index contributed by atoms with van der Waals surface area (Å²) in [6, 6.07) is 11.6. The average molecular weight is 386 g/mol. The molecule has 0 radical (unpaired) electrons. The molecule has 1 N–H and O–H groups in total. The maximum Gasteiger partial charge on any atom is 0.255 e. The van der Waals surface area contributed by atoms with Crippen molar-refractivity contribution in [2.75, 3.05) is 22.5 Å². The van der Waals surface area contributed by atoms with Crippen LogP contribution in [-0.4, -0.2) is 32.5 Å². The minimum Gasteiger partial charge on any atom is -0.321 e. The van der Waals surface area contributed by atoms with E-state index in [0.29, 0.717) is 24.9 Å². The molecule has 2 aromatic rings. The Hall–Kier alpha value is -2.67. The molecule has 27 heavy (non-hydrogen) atoms. The van der Waals surface area contributed by atoms with E-state index in [0.717, 1.165) is 11.3 Å². The second-order valence-electron chi connectivity index (χ2n) is 6.35. The van der Waals surface area contributed by atoms with Crippen molar-refractivity contribution >= 4 is 33.0 Å². The molecule has 0 unspecified atom stereocenters. The number of carbonyl (C=O) groups excluding carboxylic acids is 2. The number of sulfone groups is 1. The molecule has 2 aromatic carbocycles. The fraction of sp³-hybridized carbons (Fsp3) is 0.300. The normalized spacial score (nSPS) is 13.3. The van der Waals surface area contributed by atoms with Gasteiger partial charge >= 0.3 is 0 Å². The van der Waals surface area contributed by atoms with Gasteiger partial charge in [0.1, 0.15) is 0 Å². The van der Waals surface area contributed by atoms with Crippen LogP contribution >= 0.6 is 0 Å². The van der Waals surface area contributed by atoms with Gasteiger partial charge in [-0.1, -0.05) is 26.0 Å². The number of para-hydroxylation sites is 1. The van der Waals surface area contributed by atoms with Crippen LogP contribution in [0.3, 0.4) is 0 Å². The Morgan fingerprint density at radius 3 is 2.56 bits per heavy atom. The molecule has 0 aliphatic carbocycles. The lowest BCUT2D eigenvalue weighted by Crippen LogP contribution is -2.27. The number of amides is 2. The number of fused-ring (bicyclic) bond motifs is 1. The van der Waals surface area contributed by atoms with Crippen LogP contribution in [-0.2, 0) is 21.1 Å². The van der Waals surface area contributed by atoms with E-state index in [4.69, 9.17) is 0 Å². The van der Waals surface area contributed by atoms with Gasteiger partial charge in [0, 0.05) is 24.2 Å². The summed E-state index contributed by atoms with van der Waals surface area (Å²) in [6.45, 7) is 4.01. The maximum atomic E-state index is 12.7. The fourth-order valence-corrected chi connectivity index (χ4v) is 4.24. The molecule has 0 spiro atoms. The first-order chi connectivity index (χ1) is 12.9. The van der Waals surface area contributed by atoms with Crippen molar-refractivity contribution in [3.05, 3.63) is 53.6 Å². The molecule has 6 nitrogen and oxygen atoms in total. The number of hydrogen-bond donors (Lipinski definition) is 1. The molecule has 7 heteroatoms. The first-order valence-electron chi connectivity index (χ1n) is 8.93. The van der Waals surface area contributed by atoms with Gasteiger partial charge in [0.25, 0.3) is 5.91 Å². The summed E-state index contributed by atoms with van der Waals surface area (Å²) in [6.07, 6.45) is 1.13. The summed E-state index contributed by atoms with van der Waals surface area (Å²) in [4.78, 5) is 26.5. The van der Waals surface area contributed by atoms with E-state index in [9.17, 15) is 18.0 Å². The van der Waals surface area contributed by atoms with Crippen LogP contribution in [0.4, 0.5) is 11.4 Å². The van der Waals surface area contributed by atoms with Crippen molar-refractivity contribution in [3.8, 4) is 0 Å². The molecular formula is C20H22N2O4S. The highest BCUT2D eigenvalue weighted by Gasteiger charge is 2.25. The predicted octanol–water partition coefficient (Wildman–Crippen LogP) is 3.03. The first-order valence-corrected chi connectivity index (χ1v) is 10.6. The predicted molar refractivity (Wildman–Crippen MR) is 105 cm³/mol. The second kappa shape index (κ2) is 7.52. The van der Waals surface area contributed by atoms with Crippen molar-refractivity contribution in [2.45, 2.75) is 31.6 Å². The minimum absolute atomic E-state index is 0.0416. The van der Waals surface area contributed by atoms with Gasteiger partial charge in [0.2, 0.25) is 5.91 Å². The molecule has 142 valence electrons. The third-order valence-corrected chi connectivity index (χ3v) is 6.48. The van der Waals surface area contributed by atoms with E-state index in [1.54, 1.807) is 48.2 Å². The summed E-state index contributed by atoms with van der Waals surface area (Å²) in [5.41, 5.74) is 2.49.